The Bertz CT molecular complexity index is 1770. The quantitative estimate of drug-likeness (QED) is 0.294. The average Bonchev–Trinajstić information content (AvgIpc) is 3.46. The van der Waals surface area contributed by atoms with E-state index in [1.54, 1.807) is 49.2 Å². The van der Waals surface area contributed by atoms with E-state index in [1.807, 2.05) is 30.3 Å². The van der Waals surface area contributed by atoms with Crippen LogP contribution in [0.5, 0.6) is 11.5 Å². The molecule has 1 aromatic heterocycles. The predicted molar refractivity (Wildman–Crippen MR) is 159 cm³/mol. The summed E-state index contributed by atoms with van der Waals surface area (Å²) in [4.78, 5) is 27.1. The lowest BCUT2D eigenvalue weighted by molar-refractivity contribution is -0.163. The number of ether oxygens (including phenoxy) is 2. The number of hydrogen-bond donors (Lipinski definition) is 2. The van der Waals surface area contributed by atoms with Gasteiger partial charge in [0, 0.05) is 10.8 Å². The summed E-state index contributed by atoms with van der Waals surface area (Å²) in [7, 11) is 3.12. The molecule has 1 amide bonds. The molecular weight excluding hydrogens is 544 g/mol. The maximum Gasteiger partial charge on any atom is 0.330 e. The summed E-state index contributed by atoms with van der Waals surface area (Å²) in [6, 6.07) is 20.4. The van der Waals surface area contributed by atoms with Crippen molar-refractivity contribution in [1.82, 2.24) is 15.1 Å². The van der Waals surface area contributed by atoms with Gasteiger partial charge in [0.25, 0.3) is 5.91 Å². The number of aliphatic carboxylic acids is 1. The molecule has 218 valence electrons. The maximum absolute atomic E-state index is 14.1. The minimum atomic E-state index is -1.31. The molecule has 0 spiro atoms. The van der Waals surface area contributed by atoms with Crippen LogP contribution >= 0.6 is 0 Å². The monoisotopic (exact) mass is 576 g/mol. The number of carbonyl (C=O) groups excluding carboxylic acids is 1. The second-order valence-corrected chi connectivity index (χ2v) is 12.1. The minimum absolute atomic E-state index is 0.0887. The number of carboxylic acid groups (broad SMARTS) is 1. The number of carbonyl (C=O) groups is 2. The number of amides is 1. The first kappa shape index (κ1) is 27.0. The van der Waals surface area contributed by atoms with Gasteiger partial charge in [-0.3, -0.25) is 4.79 Å². The van der Waals surface area contributed by atoms with Crippen LogP contribution in [0.3, 0.4) is 0 Å². The van der Waals surface area contributed by atoms with E-state index in [9.17, 15) is 20.0 Å². The number of rotatable bonds is 7. The third kappa shape index (κ3) is 4.08. The highest BCUT2D eigenvalue weighted by Gasteiger charge is 2.62. The van der Waals surface area contributed by atoms with Gasteiger partial charge in [-0.05, 0) is 86.1 Å². The van der Waals surface area contributed by atoms with Gasteiger partial charge >= 0.3 is 5.97 Å². The van der Waals surface area contributed by atoms with Gasteiger partial charge in [0.15, 0.2) is 5.69 Å². The van der Waals surface area contributed by atoms with Crippen molar-refractivity contribution in [3.05, 3.63) is 71.9 Å². The summed E-state index contributed by atoms with van der Waals surface area (Å²) in [6.45, 7) is 0. The van der Waals surface area contributed by atoms with Crippen molar-refractivity contribution >= 4 is 22.6 Å². The molecule has 4 aliphatic carbocycles. The van der Waals surface area contributed by atoms with Crippen molar-refractivity contribution in [1.29, 1.82) is 5.26 Å². The van der Waals surface area contributed by atoms with Crippen LogP contribution in [0.2, 0.25) is 0 Å². The molecule has 0 atom stereocenters. The molecule has 8 rings (SSSR count). The van der Waals surface area contributed by atoms with Crippen LogP contribution in [0.25, 0.3) is 27.7 Å². The molecule has 0 saturated heterocycles. The zero-order valence-electron chi connectivity index (χ0n) is 24.0. The van der Waals surface area contributed by atoms with E-state index in [4.69, 9.17) is 14.6 Å². The summed E-state index contributed by atoms with van der Waals surface area (Å²) in [5.74, 6) is 0.454. The van der Waals surface area contributed by atoms with Crippen LogP contribution in [-0.2, 0) is 4.79 Å². The third-order valence-corrected chi connectivity index (χ3v) is 9.98. The van der Waals surface area contributed by atoms with Gasteiger partial charge in [-0.15, -0.1) is 0 Å². The fraction of sp³-hybridized carbons (Fsp3) is 0.353. The number of nitrogens with zero attached hydrogens (tertiary/aromatic N) is 3. The van der Waals surface area contributed by atoms with Crippen molar-refractivity contribution in [2.45, 2.75) is 37.6 Å². The molecule has 9 nitrogen and oxygen atoms in total. The highest BCUT2D eigenvalue weighted by Crippen LogP contribution is 2.58. The van der Waals surface area contributed by atoms with Crippen molar-refractivity contribution in [2.24, 2.45) is 23.7 Å². The van der Waals surface area contributed by atoms with E-state index < -0.39 is 17.4 Å². The van der Waals surface area contributed by atoms with Crippen molar-refractivity contribution in [3.63, 3.8) is 0 Å². The molecule has 0 aliphatic heterocycles. The minimum Gasteiger partial charge on any atom is -0.496 e. The van der Waals surface area contributed by atoms with E-state index >= 15 is 0 Å². The number of methoxy groups -OCH3 is 2. The van der Waals surface area contributed by atoms with Gasteiger partial charge in [0.05, 0.1) is 42.8 Å². The molecule has 43 heavy (non-hydrogen) atoms. The fourth-order valence-electron chi connectivity index (χ4n) is 8.31. The van der Waals surface area contributed by atoms with Gasteiger partial charge < -0.3 is 19.9 Å². The number of fused-ring (bicyclic) bond motifs is 1. The lowest BCUT2D eigenvalue weighted by Crippen LogP contribution is -2.70. The highest BCUT2D eigenvalue weighted by molar-refractivity contribution is 5.99. The number of hydrogen-bond acceptors (Lipinski definition) is 6. The molecule has 0 unspecified atom stereocenters. The lowest BCUT2D eigenvalue weighted by atomic mass is 9.48. The Kier molecular flexibility index (Phi) is 6.38. The topological polar surface area (TPSA) is 126 Å². The molecule has 4 saturated carbocycles. The molecule has 2 N–H and O–H groups in total. The number of carboxylic acids is 1. The van der Waals surface area contributed by atoms with Crippen LogP contribution in [0.1, 0.15) is 48.2 Å². The Morgan fingerprint density at radius 3 is 2.14 bits per heavy atom. The summed E-state index contributed by atoms with van der Waals surface area (Å²) < 4.78 is 13.1. The first-order chi connectivity index (χ1) is 20.9. The number of aromatic nitrogens is 2. The van der Waals surface area contributed by atoms with E-state index in [1.165, 1.54) is 6.42 Å². The molecule has 3 aromatic carbocycles. The number of benzene rings is 3. The van der Waals surface area contributed by atoms with E-state index in [0.717, 1.165) is 36.5 Å². The second kappa shape index (κ2) is 10.2. The van der Waals surface area contributed by atoms with E-state index in [2.05, 4.69) is 11.4 Å². The highest BCUT2D eigenvalue weighted by atomic mass is 16.5. The van der Waals surface area contributed by atoms with Gasteiger partial charge in [-0.1, -0.05) is 30.3 Å². The van der Waals surface area contributed by atoms with Crippen LogP contribution in [-0.4, -0.2) is 46.5 Å². The normalized spacial score (nSPS) is 25.3. The van der Waals surface area contributed by atoms with Crippen LogP contribution in [0.15, 0.2) is 60.7 Å². The second-order valence-electron chi connectivity index (χ2n) is 12.1. The number of nitriles is 1. The largest absolute Gasteiger partial charge is 0.496 e. The van der Waals surface area contributed by atoms with Gasteiger partial charge in [-0.25, -0.2) is 9.48 Å². The summed E-state index contributed by atoms with van der Waals surface area (Å²) >= 11 is 0. The predicted octanol–water partition coefficient (Wildman–Crippen LogP) is 5.59. The van der Waals surface area contributed by atoms with Gasteiger partial charge in [-0.2, -0.15) is 10.4 Å². The average molecular weight is 577 g/mol. The fourth-order valence-corrected chi connectivity index (χ4v) is 8.31. The van der Waals surface area contributed by atoms with Crippen LogP contribution in [0, 0.1) is 35.0 Å². The summed E-state index contributed by atoms with van der Waals surface area (Å²) in [6.07, 6.45) is 4.48. The molecular formula is C34H32N4O5. The SMILES string of the molecule is COc1cccc(OC)c1-c1cc(C(=O)NC2(C(=O)O)C3CC4CC(C3)CC2C4)nn1-c1ccc(C#N)c2ccccc12. The molecule has 4 bridgehead atoms. The molecule has 4 aliphatic rings. The van der Waals surface area contributed by atoms with E-state index in [-0.39, 0.29) is 17.5 Å². The molecule has 4 aromatic rings. The van der Waals surface area contributed by atoms with E-state index in [0.29, 0.717) is 45.8 Å². The van der Waals surface area contributed by atoms with Crippen molar-refractivity contribution in [2.75, 3.05) is 14.2 Å². The number of nitrogens with one attached hydrogen (secondary N) is 1. The maximum atomic E-state index is 14.1. The van der Waals surface area contributed by atoms with Crippen LogP contribution < -0.4 is 14.8 Å². The van der Waals surface area contributed by atoms with Crippen molar-refractivity contribution < 1.29 is 24.2 Å². The third-order valence-electron chi connectivity index (χ3n) is 9.98. The first-order valence-electron chi connectivity index (χ1n) is 14.7. The molecule has 9 heteroatoms. The van der Waals surface area contributed by atoms with Gasteiger partial charge in [0.2, 0.25) is 0 Å². The zero-order chi connectivity index (χ0) is 29.9. The Morgan fingerprint density at radius 1 is 0.930 bits per heavy atom. The zero-order valence-corrected chi connectivity index (χ0v) is 24.0. The molecule has 4 fully saturated rings. The Hall–Kier alpha value is -4.84. The molecule has 1 heterocycles. The van der Waals surface area contributed by atoms with Gasteiger partial charge in [0.1, 0.15) is 17.0 Å². The van der Waals surface area contributed by atoms with Crippen molar-refractivity contribution in [3.8, 4) is 34.5 Å². The standard InChI is InChI=1S/C34H32N4O5/c1-42-29-8-5-9-30(43-2)31(29)28-17-26(37-38(28)27-11-10-21(18-35)24-6-3-4-7-25(24)27)32(39)36-34(33(40)41)22-13-19-12-20(15-22)16-23(34)14-19/h3-11,17,19-20,22-23H,12-16H2,1-2H3,(H,36,39)(H,40,41). The smallest absolute Gasteiger partial charge is 0.330 e. The van der Waals surface area contributed by atoms with Crippen LogP contribution in [0.4, 0.5) is 0 Å². The Labute approximate surface area is 249 Å². The lowest BCUT2D eigenvalue weighted by Gasteiger charge is -2.59. The Morgan fingerprint density at radius 2 is 1.56 bits per heavy atom. The summed E-state index contributed by atoms with van der Waals surface area (Å²) in [5.41, 5.74) is 1.08. The Balaban J connectivity index is 1.39. The molecule has 0 radical (unpaired) electrons. The first-order valence-corrected chi connectivity index (χ1v) is 14.7. The summed E-state index contributed by atoms with van der Waals surface area (Å²) in [5, 5.41) is 29.7.